The first-order chi connectivity index (χ1) is 8.11. The van der Waals surface area contributed by atoms with Gasteiger partial charge in [0.15, 0.2) is 0 Å². The van der Waals surface area contributed by atoms with E-state index < -0.39 is 0 Å². The summed E-state index contributed by atoms with van der Waals surface area (Å²) in [6.45, 7) is 5.10. The SMILES string of the molecule is CCCNC1CC(C)Oc2c(Br)cc(F)cc21. The van der Waals surface area contributed by atoms with E-state index in [2.05, 4.69) is 28.2 Å². The van der Waals surface area contributed by atoms with E-state index in [9.17, 15) is 4.39 Å². The quantitative estimate of drug-likeness (QED) is 0.917. The van der Waals surface area contributed by atoms with E-state index in [0.717, 1.165) is 30.7 Å². The van der Waals surface area contributed by atoms with E-state index >= 15 is 0 Å². The molecule has 2 unspecified atom stereocenters. The summed E-state index contributed by atoms with van der Waals surface area (Å²) in [6.07, 6.45) is 2.10. The molecule has 1 aromatic carbocycles. The molecule has 94 valence electrons. The summed E-state index contributed by atoms with van der Waals surface area (Å²) >= 11 is 3.36. The Morgan fingerprint density at radius 3 is 3.00 bits per heavy atom. The van der Waals surface area contributed by atoms with Crippen molar-refractivity contribution >= 4 is 15.9 Å². The Morgan fingerprint density at radius 2 is 2.29 bits per heavy atom. The highest BCUT2D eigenvalue weighted by Gasteiger charge is 2.27. The summed E-state index contributed by atoms with van der Waals surface area (Å²) in [7, 11) is 0. The molecule has 1 aliphatic rings. The van der Waals surface area contributed by atoms with Crippen LogP contribution in [0, 0.1) is 5.82 Å². The van der Waals surface area contributed by atoms with Crippen molar-refractivity contribution in [1.82, 2.24) is 5.32 Å². The van der Waals surface area contributed by atoms with E-state index in [4.69, 9.17) is 4.74 Å². The first-order valence-corrected chi connectivity index (χ1v) is 6.80. The molecule has 0 spiro atoms. The minimum absolute atomic E-state index is 0.151. The lowest BCUT2D eigenvalue weighted by Gasteiger charge is -2.31. The fraction of sp³-hybridized carbons (Fsp3) is 0.538. The number of rotatable bonds is 3. The van der Waals surface area contributed by atoms with Gasteiger partial charge in [-0.05, 0) is 48.0 Å². The number of fused-ring (bicyclic) bond motifs is 1. The molecule has 4 heteroatoms. The highest BCUT2D eigenvalue weighted by Crippen LogP contribution is 2.40. The Labute approximate surface area is 110 Å². The fourth-order valence-corrected chi connectivity index (χ4v) is 2.72. The van der Waals surface area contributed by atoms with Crippen molar-refractivity contribution in [2.45, 2.75) is 38.8 Å². The maximum absolute atomic E-state index is 13.4. The minimum Gasteiger partial charge on any atom is -0.489 e. The standard InChI is InChI=1S/C13H17BrFNO/c1-3-4-16-12-5-8(2)17-13-10(12)6-9(15)7-11(13)14/h6-8,12,16H,3-5H2,1-2H3. The van der Waals surface area contributed by atoms with Crippen LogP contribution in [0.5, 0.6) is 5.75 Å². The molecule has 2 atom stereocenters. The van der Waals surface area contributed by atoms with Crippen LogP contribution in [-0.4, -0.2) is 12.6 Å². The molecular weight excluding hydrogens is 285 g/mol. The van der Waals surface area contributed by atoms with Gasteiger partial charge < -0.3 is 10.1 Å². The van der Waals surface area contributed by atoms with Gasteiger partial charge in [-0.2, -0.15) is 0 Å². The van der Waals surface area contributed by atoms with Crippen LogP contribution in [-0.2, 0) is 0 Å². The van der Waals surface area contributed by atoms with Gasteiger partial charge >= 0.3 is 0 Å². The van der Waals surface area contributed by atoms with E-state index in [1.165, 1.54) is 6.07 Å². The van der Waals surface area contributed by atoms with Crippen molar-refractivity contribution in [3.05, 3.63) is 28.0 Å². The van der Waals surface area contributed by atoms with Gasteiger partial charge in [-0.15, -0.1) is 0 Å². The molecule has 2 nitrogen and oxygen atoms in total. The van der Waals surface area contributed by atoms with Crippen LogP contribution < -0.4 is 10.1 Å². The molecule has 0 aromatic heterocycles. The van der Waals surface area contributed by atoms with Gasteiger partial charge in [0.05, 0.1) is 10.6 Å². The lowest BCUT2D eigenvalue weighted by molar-refractivity contribution is 0.164. The summed E-state index contributed by atoms with van der Waals surface area (Å²) in [5.74, 6) is 0.552. The molecule has 0 bridgehead atoms. The Balaban J connectivity index is 2.34. The van der Waals surface area contributed by atoms with Crippen molar-refractivity contribution in [3.8, 4) is 5.75 Å². The molecule has 0 fully saturated rings. The lowest BCUT2D eigenvalue weighted by atomic mass is 9.97. The predicted octanol–water partition coefficient (Wildman–Crippen LogP) is 3.80. The minimum atomic E-state index is -0.225. The molecule has 1 aromatic rings. The summed E-state index contributed by atoms with van der Waals surface area (Å²) in [4.78, 5) is 0. The van der Waals surface area contributed by atoms with Gasteiger partial charge in [0.1, 0.15) is 11.6 Å². The number of benzene rings is 1. The van der Waals surface area contributed by atoms with Crippen LogP contribution in [0.4, 0.5) is 4.39 Å². The van der Waals surface area contributed by atoms with Crippen LogP contribution in [0.3, 0.4) is 0 Å². The molecule has 0 aliphatic carbocycles. The third-order valence-corrected chi connectivity index (χ3v) is 3.53. The molecule has 17 heavy (non-hydrogen) atoms. The summed E-state index contributed by atoms with van der Waals surface area (Å²) in [5.41, 5.74) is 0.920. The molecule has 1 aliphatic heterocycles. The first-order valence-electron chi connectivity index (χ1n) is 6.00. The second-order valence-electron chi connectivity index (χ2n) is 4.48. The Bertz CT molecular complexity index is 411. The lowest BCUT2D eigenvalue weighted by Crippen LogP contribution is -2.32. The van der Waals surface area contributed by atoms with E-state index in [1.54, 1.807) is 6.07 Å². The van der Waals surface area contributed by atoms with Gasteiger partial charge in [0.25, 0.3) is 0 Å². The highest BCUT2D eigenvalue weighted by atomic mass is 79.9. The summed E-state index contributed by atoms with van der Waals surface area (Å²) in [5, 5.41) is 3.44. The average molecular weight is 302 g/mol. The third-order valence-electron chi connectivity index (χ3n) is 2.94. The molecule has 0 radical (unpaired) electrons. The normalized spacial score (nSPS) is 23.1. The molecule has 0 saturated carbocycles. The Hall–Kier alpha value is -0.610. The van der Waals surface area contributed by atoms with Gasteiger partial charge in [-0.1, -0.05) is 6.92 Å². The smallest absolute Gasteiger partial charge is 0.138 e. The zero-order valence-electron chi connectivity index (χ0n) is 10.1. The van der Waals surface area contributed by atoms with Gasteiger partial charge in [-0.25, -0.2) is 4.39 Å². The topological polar surface area (TPSA) is 21.3 Å². The van der Waals surface area contributed by atoms with Gasteiger partial charge in [0.2, 0.25) is 0 Å². The van der Waals surface area contributed by atoms with E-state index in [0.29, 0.717) is 4.47 Å². The second-order valence-corrected chi connectivity index (χ2v) is 5.33. The van der Waals surface area contributed by atoms with Crippen LogP contribution in [0.1, 0.15) is 38.3 Å². The zero-order valence-corrected chi connectivity index (χ0v) is 11.7. The number of nitrogens with one attached hydrogen (secondary N) is 1. The maximum atomic E-state index is 13.4. The zero-order chi connectivity index (χ0) is 12.4. The van der Waals surface area contributed by atoms with Crippen molar-refractivity contribution in [1.29, 1.82) is 0 Å². The fourth-order valence-electron chi connectivity index (χ4n) is 2.18. The monoisotopic (exact) mass is 301 g/mol. The predicted molar refractivity (Wildman–Crippen MR) is 69.8 cm³/mol. The van der Waals surface area contributed by atoms with Crippen LogP contribution in [0.25, 0.3) is 0 Å². The number of ether oxygens (including phenoxy) is 1. The Morgan fingerprint density at radius 1 is 1.53 bits per heavy atom. The van der Waals surface area contributed by atoms with Gasteiger partial charge in [-0.3, -0.25) is 0 Å². The molecule has 0 amide bonds. The number of hydrogen-bond acceptors (Lipinski definition) is 2. The first kappa shape index (κ1) is 12.8. The van der Waals surface area contributed by atoms with Crippen molar-refractivity contribution in [2.75, 3.05) is 6.54 Å². The van der Waals surface area contributed by atoms with Crippen molar-refractivity contribution in [3.63, 3.8) is 0 Å². The van der Waals surface area contributed by atoms with Crippen LogP contribution >= 0.6 is 15.9 Å². The largest absolute Gasteiger partial charge is 0.489 e. The van der Waals surface area contributed by atoms with E-state index in [1.807, 2.05) is 6.92 Å². The second kappa shape index (κ2) is 5.36. The number of halogens is 2. The Kier molecular flexibility index (Phi) is 4.05. The van der Waals surface area contributed by atoms with Crippen molar-refractivity contribution < 1.29 is 9.13 Å². The van der Waals surface area contributed by atoms with Crippen LogP contribution in [0.2, 0.25) is 0 Å². The molecule has 1 heterocycles. The average Bonchev–Trinajstić information content (AvgIpc) is 2.27. The molecule has 2 rings (SSSR count). The molecular formula is C13H17BrFNO. The molecule has 0 saturated heterocycles. The summed E-state index contributed by atoms with van der Waals surface area (Å²) < 4.78 is 19.9. The number of hydrogen-bond donors (Lipinski definition) is 1. The summed E-state index contributed by atoms with van der Waals surface area (Å²) in [6, 6.07) is 3.20. The van der Waals surface area contributed by atoms with Crippen molar-refractivity contribution in [2.24, 2.45) is 0 Å². The van der Waals surface area contributed by atoms with Gasteiger partial charge in [0, 0.05) is 18.0 Å². The van der Waals surface area contributed by atoms with E-state index in [-0.39, 0.29) is 18.0 Å². The third kappa shape index (κ3) is 2.80. The molecule has 1 N–H and O–H groups in total. The maximum Gasteiger partial charge on any atom is 0.138 e. The van der Waals surface area contributed by atoms with Crippen LogP contribution in [0.15, 0.2) is 16.6 Å². The highest BCUT2D eigenvalue weighted by molar-refractivity contribution is 9.10.